The van der Waals surface area contributed by atoms with Crippen LogP contribution in [0.15, 0.2) is 29.0 Å². The highest BCUT2D eigenvalue weighted by Crippen LogP contribution is 2.16. The van der Waals surface area contributed by atoms with E-state index in [9.17, 15) is 0 Å². The molecule has 2 aromatic heterocycles. The first kappa shape index (κ1) is 6.37. The van der Waals surface area contributed by atoms with Crippen LogP contribution in [-0.4, -0.2) is 10.1 Å². The summed E-state index contributed by atoms with van der Waals surface area (Å²) in [6.07, 6.45) is 3.21. The number of furan rings is 1. The minimum Gasteiger partial charge on any atom is -0.464 e. The van der Waals surface area contributed by atoms with Crippen LogP contribution in [0.4, 0.5) is 0 Å². The van der Waals surface area contributed by atoms with E-state index in [1.165, 1.54) is 0 Å². The predicted octanol–water partition coefficient (Wildman–Crippen LogP) is 1.32. The maximum Gasteiger partial charge on any atom is 0.137 e. The number of aliphatic hydroxyl groups is 1. The molecular weight excluding hydrogens is 142 g/mol. The zero-order valence-corrected chi connectivity index (χ0v) is 5.82. The quantitative estimate of drug-likeness (QED) is 0.665. The van der Waals surface area contributed by atoms with Crippen molar-refractivity contribution in [3.63, 3.8) is 0 Å². The summed E-state index contributed by atoms with van der Waals surface area (Å²) < 4.78 is 5.11. The Balaban J connectivity index is 2.79. The molecule has 2 rings (SSSR count). The molecule has 56 valence electrons. The summed E-state index contributed by atoms with van der Waals surface area (Å²) in [5, 5.41) is 9.73. The number of aromatic nitrogens is 1. The highest BCUT2D eigenvalue weighted by molar-refractivity contribution is 5.78. The number of hydrogen-bond donors (Lipinski definition) is 1. The largest absolute Gasteiger partial charge is 0.464 e. The first-order valence-corrected chi connectivity index (χ1v) is 3.34. The van der Waals surface area contributed by atoms with Gasteiger partial charge in [0.05, 0.1) is 18.6 Å². The second-order valence-corrected chi connectivity index (χ2v) is 2.25. The van der Waals surface area contributed by atoms with Gasteiger partial charge in [0.2, 0.25) is 0 Å². The lowest BCUT2D eigenvalue weighted by Gasteiger charge is -1.93. The average Bonchev–Trinajstić information content (AvgIpc) is 2.50. The average molecular weight is 149 g/mol. The predicted molar refractivity (Wildman–Crippen MR) is 39.9 cm³/mol. The van der Waals surface area contributed by atoms with E-state index in [1.807, 2.05) is 0 Å². The third-order valence-corrected chi connectivity index (χ3v) is 1.61. The van der Waals surface area contributed by atoms with Gasteiger partial charge in [-0.25, -0.2) is 0 Å². The molecule has 0 aliphatic carbocycles. The monoisotopic (exact) mass is 149 g/mol. The Bertz CT molecular complexity index is 367. The summed E-state index contributed by atoms with van der Waals surface area (Å²) >= 11 is 0. The molecule has 11 heavy (non-hydrogen) atoms. The van der Waals surface area contributed by atoms with E-state index in [4.69, 9.17) is 9.52 Å². The fourth-order valence-electron chi connectivity index (χ4n) is 1.08. The molecule has 0 saturated carbocycles. The van der Waals surface area contributed by atoms with Crippen LogP contribution in [0.3, 0.4) is 0 Å². The molecule has 0 radical (unpaired) electrons. The SMILES string of the molecule is OCc1nccc2occc12. The van der Waals surface area contributed by atoms with E-state index in [2.05, 4.69) is 4.98 Å². The molecule has 0 spiro atoms. The van der Waals surface area contributed by atoms with Crippen molar-refractivity contribution in [1.29, 1.82) is 0 Å². The summed E-state index contributed by atoms with van der Waals surface area (Å²) in [6, 6.07) is 3.57. The molecule has 1 N–H and O–H groups in total. The second-order valence-electron chi connectivity index (χ2n) is 2.25. The van der Waals surface area contributed by atoms with Gasteiger partial charge in [0, 0.05) is 11.6 Å². The Morgan fingerprint density at radius 3 is 3.18 bits per heavy atom. The minimum atomic E-state index is -0.0448. The lowest BCUT2D eigenvalue weighted by molar-refractivity contribution is 0.278. The van der Waals surface area contributed by atoms with Crippen LogP contribution in [0.5, 0.6) is 0 Å². The van der Waals surface area contributed by atoms with Crippen LogP contribution >= 0.6 is 0 Å². The normalized spacial score (nSPS) is 10.6. The highest BCUT2D eigenvalue weighted by Gasteiger charge is 2.01. The smallest absolute Gasteiger partial charge is 0.137 e. The topological polar surface area (TPSA) is 46.3 Å². The Labute approximate surface area is 63.3 Å². The second kappa shape index (κ2) is 2.36. The Kier molecular flexibility index (Phi) is 1.36. The Morgan fingerprint density at radius 1 is 1.45 bits per heavy atom. The van der Waals surface area contributed by atoms with Crippen molar-refractivity contribution < 1.29 is 9.52 Å². The maximum absolute atomic E-state index is 8.85. The lowest BCUT2D eigenvalue weighted by Crippen LogP contribution is -1.87. The highest BCUT2D eigenvalue weighted by atomic mass is 16.3. The molecule has 0 bridgehead atoms. The van der Waals surface area contributed by atoms with Gasteiger partial charge in [0.1, 0.15) is 5.58 Å². The molecule has 3 heteroatoms. The summed E-state index contributed by atoms with van der Waals surface area (Å²) in [4.78, 5) is 3.99. The van der Waals surface area contributed by atoms with Gasteiger partial charge in [-0.2, -0.15) is 0 Å². The molecule has 0 unspecified atom stereocenters. The molecule has 2 aromatic rings. The number of fused-ring (bicyclic) bond motifs is 1. The van der Waals surface area contributed by atoms with Gasteiger partial charge in [-0.3, -0.25) is 4.98 Å². The Morgan fingerprint density at radius 2 is 2.36 bits per heavy atom. The van der Waals surface area contributed by atoms with Crippen molar-refractivity contribution >= 4 is 11.0 Å². The van der Waals surface area contributed by atoms with Gasteiger partial charge in [0.15, 0.2) is 0 Å². The van der Waals surface area contributed by atoms with Crippen LogP contribution in [0.25, 0.3) is 11.0 Å². The number of hydrogen-bond acceptors (Lipinski definition) is 3. The fourth-order valence-corrected chi connectivity index (χ4v) is 1.08. The van der Waals surface area contributed by atoms with Crippen LogP contribution in [-0.2, 0) is 6.61 Å². The summed E-state index contributed by atoms with van der Waals surface area (Å²) in [7, 11) is 0. The van der Waals surface area contributed by atoms with E-state index in [0.717, 1.165) is 11.0 Å². The lowest BCUT2D eigenvalue weighted by atomic mass is 10.2. The van der Waals surface area contributed by atoms with Crippen molar-refractivity contribution in [3.05, 3.63) is 30.3 Å². The molecule has 0 saturated heterocycles. The molecule has 0 fully saturated rings. The van der Waals surface area contributed by atoms with Gasteiger partial charge in [-0.05, 0) is 12.1 Å². The van der Waals surface area contributed by atoms with Crippen molar-refractivity contribution in [2.45, 2.75) is 6.61 Å². The van der Waals surface area contributed by atoms with Crippen LogP contribution in [0.1, 0.15) is 5.69 Å². The molecular formula is C8H7NO2. The molecule has 0 aromatic carbocycles. The van der Waals surface area contributed by atoms with E-state index in [-0.39, 0.29) is 6.61 Å². The summed E-state index contributed by atoms with van der Waals surface area (Å²) in [5.41, 5.74) is 1.43. The van der Waals surface area contributed by atoms with E-state index >= 15 is 0 Å². The zero-order chi connectivity index (χ0) is 7.68. The van der Waals surface area contributed by atoms with Crippen LogP contribution < -0.4 is 0 Å². The minimum absolute atomic E-state index is 0.0448. The van der Waals surface area contributed by atoms with Crippen molar-refractivity contribution in [1.82, 2.24) is 4.98 Å². The standard InChI is InChI=1S/C8H7NO2/c10-5-7-6-2-4-11-8(6)1-3-9-7/h1-4,10H,5H2. The number of pyridine rings is 1. The van der Waals surface area contributed by atoms with Gasteiger partial charge < -0.3 is 9.52 Å². The first-order valence-electron chi connectivity index (χ1n) is 3.34. The third kappa shape index (κ3) is 0.897. The van der Waals surface area contributed by atoms with Crippen LogP contribution in [0.2, 0.25) is 0 Å². The molecule has 0 aliphatic heterocycles. The first-order chi connectivity index (χ1) is 5.42. The summed E-state index contributed by atoms with van der Waals surface area (Å²) in [6.45, 7) is -0.0448. The summed E-state index contributed by atoms with van der Waals surface area (Å²) in [5.74, 6) is 0. The third-order valence-electron chi connectivity index (χ3n) is 1.61. The van der Waals surface area contributed by atoms with Crippen molar-refractivity contribution in [2.24, 2.45) is 0 Å². The number of nitrogens with zero attached hydrogens (tertiary/aromatic N) is 1. The maximum atomic E-state index is 8.85. The molecule has 0 atom stereocenters. The molecule has 3 nitrogen and oxygen atoms in total. The van der Waals surface area contributed by atoms with Gasteiger partial charge >= 0.3 is 0 Å². The van der Waals surface area contributed by atoms with Crippen molar-refractivity contribution in [2.75, 3.05) is 0 Å². The van der Waals surface area contributed by atoms with E-state index in [1.54, 1.807) is 24.6 Å². The number of rotatable bonds is 1. The molecule has 0 amide bonds. The van der Waals surface area contributed by atoms with Crippen LogP contribution in [0, 0.1) is 0 Å². The van der Waals surface area contributed by atoms with Gasteiger partial charge in [-0.15, -0.1) is 0 Å². The Hall–Kier alpha value is -1.35. The van der Waals surface area contributed by atoms with Crippen molar-refractivity contribution in [3.8, 4) is 0 Å². The van der Waals surface area contributed by atoms with E-state index < -0.39 is 0 Å². The molecule has 2 heterocycles. The molecule has 0 aliphatic rings. The zero-order valence-electron chi connectivity index (χ0n) is 5.82. The van der Waals surface area contributed by atoms with Gasteiger partial charge in [0.25, 0.3) is 0 Å². The fraction of sp³-hybridized carbons (Fsp3) is 0.125. The number of aliphatic hydroxyl groups excluding tert-OH is 1. The van der Waals surface area contributed by atoms with E-state index in [0.29, 0.717) is 5.69 Å². The van der Waals surface area contributed by atoms with Gasteiger partial charge in [-0.1, -0.05) is 0 Å².